The largest absolute Gasteiger partial charge is 0.409 e. The summed E-state index contributed by atoms with van der Waals surface area (Å²) in [6.45, 7) is 1.97. The fourth-order valence-electron chi connectivity index (χ4n) is 2.44. The lowest BCUT2D eigenvalue weighted by Gasteiger charge is -2.21. The molecule has 5 nitrogen and oxygen atoms in total. The number of nitrogens with zero attached hydrogens (tertiary/aromatic N) is 1. The highest BCUT2D eigenvalue weighted by Crippen LogP contribution is 2.48. The highest BCUT2D eigenvalue weighted by atomic mass is 16.4. The molecule has 1 aliphatic rings. The molecule has 2 rings (SSSR count). The van der Waals surface area contributed by atoms with Gasteiger partial charge in [-0.15, -0.1) is 0 Å². The Labute approximate surface area is 118 Å². The average Bonchev–Trinajstić information content (AvgIpc) is 3.29. The van der Waals surface area contributed by atoms with Gasteiger partial charge in [-0.3, -0.25) is 4.79 Å². The van der Waals surface area contributed by atoms with Gasteiger partial charge in [0.25, 0.3) is 0 Å². The molecule has 1 aliphatic carbocycles. The third-order valence-corrected chi connectivity index (χ3v) is 3.92. The first-order chi connectivity index (χ1) is 9.62. The average molecular weight is 275 g/mol. The molecule has 0 saturated heterocycles. The lowest BCUT2D eigenvalue weighted by molar-refractivity contribution is -0.124. The molecule has 1 saturated carbocycles. The van der Waals surface area contributed by atoms with Gasteiger partial charge in [0.1, 0.15) is 5.84 Å². The van der Waals surface area contributed by atoms with Crippen molar-refractivity contribution in [2.45, 2.75) is 44.1 Å². The molecule has 0 spiro atoms. The number of oxime groups is 1. The molecule has 1 aromatic rings. The van der Waals surface area contributed by atoms with Crippen LogP contribution in [0, 0.1) is 0 Å². The lowest BCUT2D eigenvalue weighted by atomic mass is 9.94. The number of amides is 1. The van der Waals surface area contributed by atoms with Gasteiger partial charge in [-0.1, -0.05) is 42.4 Å². The van der Waals surface area contributed by atoms with Gasteiger partial charge in [0.05, 0.1) is 5.41 Å². The maximum atomic E-state index is 12.5. The Bertz CT molecular complexity index is 495. The molecule has 108 valence electrons. The summed E-state index contributed by atoms with van der Waals surface area (Å²) in [5.41, 5.74) is 6.20. The van der Waals surface area contributed by atoms with E-state index in [0.29, 0.717) is 6.42 Å². The van der Waals surface area contributed by atoms with Crippen molar-refractivity contribution in [3.8, 4) is 0 Å². The first kappa shape index (κ1) is 14.4. The van der Waals surface area contributed by atoms with E-state index >= 15 is 0 Å². The summed E-state index contributed by atoms with van der Waals surface area (Å²) < 4.78 is 0. The number of nitrogens with two attached hydrogens (primary N) is 1. The summed E-state index contributed by atoms with van der Waals surface area (Å²) in [5, 5.41) is 14.6. The maximum Gasteiger partial charge on any atom is 0.230 e. The second-order valence-electron chi connectivity index (χ2n) is 5.32. The number of rotatable bonds is 6. The third kappa shape index (κ3) is 2.92. The Morgan fingerprint density at radius 1 is 1.45 bits per heavy atom. The molecule has 20 heavy (non-hydrogen) atoms. The minimum absolute atomic E-state index is 0.0429. The quantitative estimate of drug-likeness (QED) is 0.320. The maximum absolute atomic E-state index is 12.5. The minimum Gasteiger partial charge on any atom is -0.409 e. The number of carbonyl (C=O) groups excluding carboxylic acids is 1. The number of hydrogen-bond donors (Lipinski definition) is 3. The monoisotopic (exact) mass is 275 g/mol. The van der Waals surface area contributed by atoms with Gasteiger partial charge in [0.15, 0.2) is 0 Å². The molecule has 0 aromatic heterocycles. The number of nitrogens with one attached hydrogen (secondary N) is 1. The van der Waals surface area contributed by atoms with E-state index in [1.165, 1.54) is 0 Å². The second-order valence-corrected chi connectivity index (χ2v) is 5.32. The molecular weight excluding hydrogens is 254 g/mol. The predicted molar refractivity (Wildman–Crippen MR) is 77.6 cm³/mol. The van der Waals surface area contributed by atoms with Gasteiger partial charge in [-0.25, -0.2) is 0 Å². The van der Waals surface area contributed by atoms with Gasteiger partial charge in [0.2, 0.25) is 5.91 Å². The molecule has 1 atom stereocenters. The zero-order valence-electron chi connectivity index (χ0n) is 11.7. The standard InChI is InChI=1S/C15H21N3O2/c1-2-12(10-13(16)18-20)17-14(19)15(8-9-15)11-6-4-3-5-7-11/h3-7,12,20H,2,8-10H2,1H3,(H2,16,18)(H,17,19). The molecule has 5 heteroatoms. The van der Waals surface area contributed by atoms with Crippen LogP contribution in [0.3, 0.4) is 0 Å². The topological polar surface area (TPSA) is 87.7 Å². The van der Waals surface area contributed by atoms with Crippen LogP contribution in [0.4, 0.5) is 0 Å². The van der Waals surface area contributed by atoms with Crippen molar-refractivity contribution in [3.05, 3.63) is 35.9 Å². The van der Waals surface area contributed by atoms with Crippen LogP contribution in [0.1, 0.15) is 38.2 Å². The van der Waals surface area contributed by atoms with Crippen LogP contribution in [-0.4, -0.2) is 23.0 Å². The highest BCUT2D eigenvalue weighted by molar-refractivity contribution is 5.92. The molecule has 0 bridgehead atoms. The molecule has 1 aromatic carbocycles. The third-order valence-electron chi connectivity index (χ3n) is 3.92. The Balaban J connectivity index is 2.04. The summed E-state index contributed by atoms with van der Waals surface area (Å²) >= 11 is 0. The molecule has 0 aliphatic heterocycles. The molecular formula is C15H21N3O2. The fraction of sp³-hybridized carbons (Fsp3) is 0.467. The first-order valence-corrected chi connectivity index (χ1v) is 6.95. The SMILES string of the molecule is CCC(CC(N)=NO)NC(=O)C1(c2ccccc2)CC1. The van der Waals surface area contributed by atoms with Crippen molar-refractivity contribution in [2.75, 3.05) is 0 Å². The normalized spacial score (nSPS) is 18.4. The number of amidine groups is 1. The summed E-state index contributed by atoms with van der Waals surface area (Å²) in [6, 6.07) is 9.76. The van der Waals surface area contributed by atoms with E-state index in [1.807, 2.05) is 37.3 Å². The van der Waals surface area contributed by atoms with Crippen molar-refractivity contribution in [2.24, 2.45) is 10.9 Å². The molecule has 1 amide bonds. The fourth-order valence-corrected chi connectivity index (χ4v) is 2.44. The summed E-state index contributed by atoms with van der Waals surface area (Å²) in [4.78, 5) is 12.5. The summed E-state index contributed by atoms with van der Waals surface area (Å²) in [6.07, 6.45) is 2.86. The minimum atomic E-state index is -0.375. The zero-order valence-corrected chi connectivity index (χ0v) is 11.7. The van der Waals surface area contributed by atoms with Crippen molar-refractivity contribution >= 4 is 11.7 Å². The number of benzene rings is 1. The van der Waals surface area contributed by atoms with Crippen molar-refractivity contribution in [3.63, 3.8) is 0 Å². The van der Waals surface area contributed by atoms with Crippen molar-refractivity contribution in [1.82, 2.24) is 5.32 Å². The van der Waals surface area contributed by atoms with E-state index in [2.05, 4.69) is 10.5 Å². The van der Waals surface area contributed by atoms with Crippen LogP contribution < -0.4 is 11.1 Å². The van der Waals surface area contributed by atoms with Crippen LogP contribution in [0.15, 0.2) is 35.5 Å². The Hall–Kier alpha value is -2.04. The van der Waals surface area contributed by atoms with Crippen molar-refractivity contribution < 1.29 is 10.0 Å². The van der Waals surface area contributed by atoms with E-state index in [-0.39, 0.29) is 23.2 Å². The van der Waals surface area contributed by atoms with Gasteiger partial charge < -0.3 is 16.3 Å². The first-order valence-electron chi connectivity index (χ1n) is 6.95. The molecule has 1 unspecified atom stereocenters. The summed E-state index contributed by atoms with van der Waals surface area (Å²) in [5.74, 6) is 0.183. The Morgan fingerprint density at radius 2 is 2.10 bits per heavy atom. The Morgan fingerprint density at radius 3 is 2.60 bits per heavy atom. The van der Waals surface area contributed by atoms with E-state index in [1.54, 1.807) is 0 Å². The molecule has 4 N–H and O–H groups in total. The van der Waals surface area contributed by atoms with E-state index in [0.717, 1.165) is 24.8 Å². The lowest BCUT2D eigenvalue weighted by Crippen LogP contribution is -2.43. The van der Waals surface area contributed by atoms with Crippen molar-refractivity contribution in [1.29, 1.82) is 0 Å². The number of hydrogen-bond acceptors (Lipinski definition) is 3. The Kier molecular flexibility index (Phi) is 4.27. The molecule has 0 radical (unpaired) electrons. The van der Waals surface area contributed by atoms with Crippen LogP contribution in [0.2, 0.25) is 0 Å². The second kappa shape index (κ2) is 5.94. The number of carbonyl (C=O) groups is 1. The van der Waals surface area contributed by atoms with Crippen LogP contribution in [0.5, 0.6) is 0 Å². The van der Waals surface area contributed by atoms with Gasteiger partial charge in [0, 0.05) is 12.5 Å². The van der Waals surface area contributed by atoms with Gasteiger partial charge in [-0.05, 0) is 24.8 Å². The van der Waals surface area contributed by atoms with Crippen LogP contribution in [0.25, 0.3) is 0 Å². The molecule has 1 fully saturated rings. The zero-order chi connectivity index (χ0) is 14.6. The predicted octanol–water partition coefficient (Wildman–Crippen LogP) is 1.75. The summed E-state index contributed by atoms with van der Waals surface area (Å²) in [7, 11) is 0. The molecule has 0 heterocycles. The van der Waals surface area contributed by atoms with Crippen LogP contribution >= 0.6 is 0 Å². The van der Waals surface area contributed by atoms with Gasteiger partial charge >= 0.3 is 0 Å². The smallest absolute Gasteiger partial charge is 0.230 e. The van der Waals surface area contributed by atoms with Gasteiger partial charge in [-0.2, -0.15) is 0 Å². The van der Waals surface area contributed by atoms with E-state index < -0.39 is 0 Å². The highest BCUT2D eigenvalue weighted by Gasteiger charge is 2.51. The van der Waals surface area contributed by atoms with E-state index in [9.17, 15) is 4.79 Å². The van der Waals surface area contributed by atoms with E-state index in [4.69, 9.17) is 10.9 Å². The van der Waals surface area contributed by atoms with Crippen LogP contribution in [-0.2, 0) is 10.2 Å².